The number of rotatable bonds is 4. The molecule has 0 aromatic heterocycles. The van der Waals surface area contributed by atoms with Crippen LogP contribution in [-0.4, -0.2) is 6.66 Å². The molecular formula is C18H30NO2P. The zero-order chi connectivity index (χ0) is 13.9. The van der Waals surface area contributed by atoms with Gasteiger partial charge in [0.2, 0.25) is 0 Å². The molecule has 0 heterocycles. The number of benzene rings is 2. The van der Waals surface area contributed by atoms with E-state index >= 15 is 0 Å². The standard InChI is InChI=1S/C15H18NO2P.3CH4/c1-12-6-4-8-14(10-12)17-19(3,16)18-15-9-5-7-13(2)11-15;;;/h4-11,16H,1-3H3;3*1H4. The molecule has 0 saturated carbocycles. The summed E-state index contributed by atoms with van der Waals surface area (Å²) in [6, 6.07) is 15.3. The molecule has 0 saturated heterocycles. The largest absolute Gasteiger partial charge is 0.430 e. The zero-order valence-corrected chi connectivity index (χ0v) is 12.3. The van der Waals surface area contributed by atoms with Gasteiger partial charge in [-0.2, -0.15) is 0 Å². The van der Waals surface area contributed by atoms with E-state index in [9.17, 15) is 0 Å². The third-order valence-corrected chi connectivity index (χ3v) is 3.66. The van der Waals surface area contributed by atoms with E-state index in [0.29, 0.717) is 11.5 Å². The van der Waals surface area contributed by atoms with Gasteiger partial charge in [-0.1, -0.05) is 46.5 Å². The summed E-state index contributed by atoms with van der Waals surface area (Å²) in [7, 11) is -2.68. The molecule has 1 N–H and O–H groups in total. The molecular weight excluding hydrogens is 293 g/mol. The molecule has 3 nitrogen and oxygen atoms in total. The molecule has 0 fully saturated rings. The first kappa shape index (κ1) is 22.5. The van der Waals surface area contributed by atoms with Crippen molar-refractivity contribution in [1.82, 2.24) is 0 Å². The van der Waals surface area contributed by atoms with E-state index in [-0.39, 0.29) is 22.3 Å². The summed E-state index contributed by atoms with van der Waals surface area (Å²) < 4.78 is 11.4. The Labute approximate surface area is 136 Å². The Balaban J connectivity index is 0. The van der Waals surface area contributed by atoms with Crippen LogP contribution in [0.5, 0.6) is 11.5 Å². The van der Waals surface area contributed by atoms with Crippen LogP contribution >= 0.6 is 7.51 Å². The molecule has 0 atom stereocenters. The van der Waals surface area contributed by atoms with Crippen LogP contribution in [0, 0.1) is 19.0 Å². The monoisotopic (exact) mass is 323 g/mol. The number of aryl methyl sites for hydroxylation is 2. The molecule has 0 aliphatic heterocycles. The lowest BCUT2D eigenvalue weighted by Crippen LogP contribution is -1.98. The Morgan fingerprint density at radius 1 is 0.773 bits per heavy atom. The topological polar surface area (TPSA) is 42.3 Å². The molecule has 0 radical (unpaired) electrons. The summed E-state index contributed by atoms with van der Waals surface area (Å²) in [6.45, 7) is 5.68. The molecule has 2 aromatic rings. The lowest BCUT2D eigenvalue weighted by molar-refractivity contribution is 0.478. The van der Waals surface area contributed by atoms with Crippen LogP contribution in [0.15, 0.2) is 48.5 Å². The van der Waals surface area contributed by atoms with Gasteiger partial charge in [0, 0.05) is 6.66 Å². The average Bonchev–Trinajstić information content (AvgIpc) is 2.27. The van der Waals surface area contributed by atoms with Crippen LogP contribution < -0.4 is 9.05 Å². The number of hydrogen-bond donors (Lipinski definition) is 1. The first-order valence-electron chi connectivity index (χ1n) is 6.09. The minimum Gasteiger partial charge on any atom is -0.430 e. The SMILES string of the molecule is C.C.C.Cc1cccc(OP(C)(=N)Oc2cccc(C)c2)c1. The van der Waals surface area contributed by atoms with E-state index < -0.39 is 7.51 Å². The minimum atomic E-state index is -2.68. The summed E-state index contributed by atoms with van der Waals surface area (Å²) in [5.74, 6) is 1.36. The van der Waals surface area contributed by atoms with Gasteiger partial charge in [-0.25, -0.2) is 5.16 Å². The maximum atomic E-state index is 8.21. The fourth-order valence-electron chi connectivity index (χ4n) is 1.77. The lowest BCUT2D eigenvalue weighted by Gasteiger charge is -2.20. The average molecular weight is 323 g/mol. The van der Waals surface area contributed by atoms with E-state index in [2.05, 4.69) is 0 Å². The fraction of sp³-hybridized carbons (Fsp3) is 0.333. The Kier molecular flexibility index (Phi) is 9.55. The highest BCUT2D eigenvalue weighted by atomic mass is 31.2. The van der Waals surface area contributed by atoms with Gasteiger partial charge in [0.05, 0.1) is 0 Å². The number of nitrogens with one attached hydrogen (secondary N) is 1. The van der Waals surface area contributed by atoms with Gasteiger partial charge in [0.15, 0.2) is 0 Å². The highest BCUT2D eigenvalue weighted by Gasteiger charge is 2.15. The van der Waals surface area contributed by atoms with Crippen molar-refractivity contribution in [1.29, 1.82) is 5.16 Å². The van der Waals surface area contributed by atoms with Crippen LogP contribution in [0.25, 0.3) is 0 Å². The van der Waals surface area contributed by atoms with Crippen LogP contribution in [0.3, 0.4) is 0 Å². The maximum Gasteiger partial charge on any atom is 0.308 e. The molecule has 0 bridgehead atoms. The van der Waals surface area contributed by atoms with E-state index in [1.807, 2.05) is 62.4 Å². The first-order valence-corrected chi connectivity index (χ1v) is 8.16. The van der Waals surface area contributed by atoms with E-state index in [4.69, 9.17) is 14.2 Å². The molecule has 0 amide bonds. The molecule has 124 valence electrons. The summed E-state index contributed by atoms with van der Waals surface area (Å²) in [5, 5.41) is 8.21. The minimum absolute atomic E-state index is 0. The molecule has 0 spiro atoms. The molecule has 2 rings (SSSR count). The van der Waals surface area contributed by atoms with E-state index in [0.717, 1.165) is 11.1 Å². The van der Waals surface area contributed by atoms with Crippen LogP contribution in [0.1, 0.15) is 33.4 Å². The highest BCUT2D eigenvalue weighted by Crippen LogP contribution is 2.45. The van der Waals surface area contributed by atoms with Gasteiger partial charge >= 0.3 is 7.51 Å². The Morgan fingerprint density at radius 2 is 1.14 bits per heavy atom. The van der Waals surface area contributed by atoms with E-state index in [1.165, 1.54) is 0 Å². The number of hydrogen-bond acceptors (Lipinski definition) is 3. The second kappa shape index (κ2) is 9.32. The van der Waals surface area contributed by atoms with Crippen molar-refractivity contribution < 1.29 is 9.05 Å². The molecule has 4 heteroatoms. The molecule has 0 aliphatic rings. The third kappa shape index (κ3) is 6.82. The third-order valence-electron chi connectivity index (χ3n) is 2.54. The summed E-state index contributed by atoms with van der Waals surface area (Å²) >= 11 is 0. The van der Waals surface area contributed by atoms with Crippen LogP contribution in [0.2, 0.25) is 0 Å². The second-order valence-corrected chi connectivity index (χ2v) is 6.72. The van der Waals surface area contributed by atoms with Gasteiger partial charge in [-0.3, -0.25) is 0 Å². The van der Waals surface area contributed by atoms with Crippen molar-refractivity contribution >= 4 is 7.51 Å². The smallest absolute Gasteiger partial charge is 0.308 e. The fourth-order valence-corrected chi connectivity index (χ4v) is 2.83. The van der Waals surface area contributed by atoms with Crippen LogP contribution in [0.4, 0.5) is 0 Å². The van der Waals surface area contributed by atoms with Crippen molar-refractivity contribution in [2.45, 2.75) is 36.1 Å². The van der Waals surface area contributed by atoms with Gasteiger partial charge < -0.3 is 9.05 Å². The molecule has 0 aliphatic carbocycles. The maximum absolute atomic E-state index is 8.21. The lowest BCUT2D eigenvalue weighted by atomic mass is 10.2. The normalized spacial score (nSPS) is 9.59. The second-order valence-electron chi connectivity index (χ2n) is 4.66. The van der Waals surface area contributed by atoms with Crippen LogP contribution in [-0.2, 0) is 0 Å². The van der Waals surface area contributed by atoms with Gasteiger partial charge in [-0.05, 0) is 49.2 Å². The quantitative estimate of drug-likeness (QED) is 0.621. The Bertz CT molecular complexity index is 574. The van der Waals surface area contributed by atoms with Crippen molar-refractivity contribution in [2.75, 3.05) is 6.66 Å². The van der Waals surface area contributed by atoms with Gasteiger partial charge in [0.1, 0.15) is 11.5 Å². The van der Waals surface area contributed by atoms with Gasteiger partial charge in [-0.15, -0.1) is 0 Å². The molecule has 2 aromatic carbocycles. The highest BCUT2D eigenvalue weighted by molar-refractivity contribution is 7.55. The van der Waals surface area contributed by atoms with Crippen molar-refractivity contribution in [3.63, 3.8) is 0 Å². The van der Waals surface area contributed by atoms with E-state index in [1.54, 1.807) is 6.66 Å². The summed E-state index contributed by atoms with van der Waals surface area (Å²) in [6.07, 6.45) is 0. The summed E-state index contributed by atoms with van der Waals surface area (Å²) in [5.41, 5.74) is 2.21. The van der Waals surface area contributed by atoms with Crippen molar-refractivity contribution in [3.05, 3.63) is 59.7 Å². The van der Waals surface area contributed by atoms with Gasteiger partial charge in [0.25, 0.3) is 0 Å². The predicted molar refractivity (Wildman–Crippen MR) is 99.4 cm³/mol. The molecule has 22 heavy (non-hydrogen) atoms. The summed E-state index contributed by atoms with van der Waals surface area (Å²) in [4.78, 5) is 0. The Hall–Kier alpha value is -1.73. The zero-order valence-electron chi connectivity index (χ0n) is 11.4. The first-order chi connectivity index (χ1) is 8.94. The molecule has 0 unspecified atom stereocenters. The van der Waals surface area contributed by atoms with Crippen molar-refractivity contribution in [3.8, 4) is 11.5 Å². The predicted octanol–water partition coefficient (Wildman–Crippen LogP) is 6.91. The Morgan fingerprint density at radius 3 is 1.45 bits per heavy atom. The van der Waals surface area contributed by atoms with Crippen molar-refractivity contribution in [2.24, 2.45) is 0 Å².